The van der Waals surface area contributed by atoms with Crippen molar-refractivity contribution in [2.75, 3.05) is 13.1 Å². The van der Waals surface area contributed by atoms with Gasteiger partial charge in [0.25, 0.3) is 0 Å². The van der Waals surface area contributed by atoms with Crippen LogP contribution < -0.4 is 16.4 Å². The standard InChI is InChI=1S/C12H23N3O2/c1-4-5-12(6-7-14-8-12)10(17)15-11(2,3)9(13)16/h14H,4-8H2,1-3H3,(H2,13,16)(H,15,17). The second-order valence-electron chi connectivity index (χ2n) is 5.40. The third-order valence-electron chi connectivity index (χ3n) is 3.50. The Morgan fingerprint density at radius 2 is 2.12 bits per heavy atom. The molecule has 0 spiro atoms. The van der Waals surface area contributed by atoms with Crippen molar-refractivity contribution in [3.63, 3.8) is 0 Å². The monoisotopic (exact) mass is 241 g/mol. The molecule has 4 N–H and O–H groups in total. The van der Waals surface area contributed by atoms with Crippen LogP contribution in [0.25, 0.3) is 0 Å². The fourth-order valence-corrected chi connectivity index (χ4v) is 2.22. The topological polar surface area (TPSA) is 84.2 Å². The zero-order valence-corrected chi connectivity index (χ0v) is 10.9. The summed E-state index contributed by atoms with van der Waals surface area (Å²) in [5.41, 5.74) is 3.91. The van der Waals surface area contributed by atoms with Crippen molar-refractivity contribution < 1.29 is 9.59 Å². The zero-order valence-electron chi connectivity index (χ0n) is 10.9. The summed E-state index contributed by atoms with van der Waals surface area (Å²) in [5, 5.41) is 5.99. The molecule has 0 aliphatic carbocycles. The van der Waals surface area contributed by atoms with E-state index in [1.165, 1.54) is 0 Å². The van der Waals surface area contributed by atoms with Crippen LogP contribution in [0, 0.1) is 5.41 Å². The number of nitrogens with two attached hydrogens (primary N) is 1. The maximum absolute atomic E-state index is 12.3. The van der Waals surface area contributed by atoms with E-state index < -0.39 is 11.4 Å². The number of carbonyl (C=O) groups excluding carboxylic acids is 2. The highest BCUT2D eigenvalue weighted by molar-refractivity contribution is 5.92. The Morgan fingerprint density at radius 3 is 2.53 bits per heavy atom. The van der Waals surface area contributed by atoms with Crippen LogP contribution in [0.3, 0.4) is 0 Å². The molecule has 1 fully saturated rings. The second kappa shape index (κ2) is 5.04. The minimum atomic E-state index is -0.986. The van der Waals surface area contributed by atoms with Crippen molar-refractivity contribution in [3.8, 4) is 0 Å². The van der Waals surface area contributed by atoms with E-state index in [0.29, 0.717) is 6.54 Å². The van der Waals surface area contributed by atoms with Crippen LogP contribution in [0.15, 0.2) is 0 Å². The van der Waals surface area contributed by atoms with E-state index in [2.05, 4.69) is 17.6 Å². The number of nitrogens with one attached hydrogen (secondary N) is 2. The second-order valence-corrected chi connectivity index (χ2v) is 5.40. The van der Waals surface area contributed by atoms with Crippen LogP contribution in [0.4, 0.5) is 0 Å². The van der Waals surface area contributed by atoms with Crippen molar-refractivity contribution in [1.29, 1.82) is 0 Å². The summed E-state index contributed by atoms with van der Waals surface area (Å²) < 4.78 is 0. The van der Waals surface area contributed by atoms with E-state index >= 15 is 0 Å². The summed E-state index contributed by atoms with van der Waals surface area (Å²) in [6.07, 6.45) is 2.61. The fourth-order valence-electron chi connectivity index (χ4n) is 2.22. The van der Waals surface area contributed by atoms with Gasteiger partial charge in [0, 0.05) is 6.54 Å². The van der Waals surface area contributed by atoms with E-state index in [1.54, 1.807) is 13.8 Å². The summed E-state index contributed by atoms with van der Waals surface area (Å²) >= 11 is 0. The Labute approximate surface area is 103 Å². The van der Waals surface area contributed by atoms with Gasteiger partial charge in [0.1, 0.15) is 5.54 Å². The lowest BCUT2D eigenvalue weighted by atomic mass is 9.81. The molecule has 2 amide bonds. The molecule has 0 aromatic rings. The molecule has 5 nitrogen and oxygen atoms in total. The molecule has 0 bridgehead atoms. The molecule has 0 aromatic heterocycles. The first-order valence-corrected chi connectivity index (χ1v) is 6.17. The lowest BCUT2D eigenvalue weighted by Crippen LogP contribution is -2.57. The Hall–Kier alpha value is -1.10. The van der Waals surface area contributed by atoms with Crippen LogP contribution in [-0.4, -0.2) is 30.4 Å². The van der Waals surface area contributed by atoms with Gasteiger partial charge in [-0.25, -0.2) is 0 Å². The highest BCUT2D eigenvalue weighted by Crippen LogP contribution is 2.31. The maximum Gasteiger partial charge on any atom is 0.242 e. The van der Waals surface area contributed by atoms with Crippen molar-refractivity contribution in [1.82, 2.24) is 10.6 Å². The molecule has 0 radical (unpaired) electrons. The molecule has 1 saturated heterocycles. The quantitative estimate of drug-likeness (QED) is 0.640. The van der Waals surface area contributed by atoms with Crippen LogP contribution >= 0.6 is 0 Å². The molecule has 1 aliphatic rings. The first-order valence-electron chi connectivity index (χ1n) is 6.17. The molecule has 1 atom stereocenters. The van der Waals surface area contributed by atoms with Gasteiger partial charge in [0.15, 0.2) is 0 Å². The molecule has 0 aromatic carbocycles. The highest BCUT2D eigenvalue weighted by atomic mass is 16.2. The minimum absolute atomic E-state index is 0.0619. The van der Waals surface area contributed by atoms with Gasteiger partial charge in [-0.1, -0.05) is 13.3 Å². The fraction of sp³-hybridized carbons (Fsp3) is 0.833. The van der Waals surface area contributed by atoms with Crippen LogP contribution in [0.1, 0.15) is 40.0 Å². The first-order chi connectivity index (χ1) is 7.84. The van der Waals surface area contributed by atoms with E-state index in [1.807, 2.05) is 0 Å². The number of rotatable bonds is 5. The lowest BCUT2D eigenvalue weighted by molar-refractivity contribution is -0.136. The third-order valence-corrected chi connectivity index (χ3v) is 3.50. The first kappa shape index (κ1) is 14.0. The Morgan fingerprint density at radius 1 is 1.47 bits per heavy atom. The van der Waals surface area contributed by atoms with Gasteiger partial charge in [0.05, 0.1) is 5.41 Å². The lowest BCUT2D eigenvalue weighted by Gasteiger charge is -2.31. The zero-order chi connectivity index (χ0) is 13.1. The van der Waals surface area contributed by atoms with Gasteiger partial charge in [-0.05, 0) is 33.2 Å². The normalized spacial score (nSPS) is 24.6. The third kappa shape index (κ3) is 2.97. The predicted molar refractivity (Wildman–Crippen MR) is 66.2 cm³/mol. The molecule has 0 saturated carbocycles. The molecular weight excluding hydrogens is 218 g/mol. The van der Waals surface area contributed by atoms with Crippen molar-refractivity contribution >= 4 is 11.8 Å². The SMILES string of the molecule is CCCC1(C(=O)NC(C)(C)C(N)=O)CCNC1. The van der Waals surface area contributed by atoms with E-state index in [9.17, 15) is 9.59 Å². The summed E-state index contributed by atoms with van der Waals surface area (Å²) in [4.78, 5) is 23.5. The molecule has 98 valence electrons. The van der Waals surface area contributed by atoms with Crippen LogP contribution in [0.5, 0.6) is 0 Å². The largest absolute Gasteiger partial charge is 0.368 e. The Bertz CT molecular complexity index is 307. The van der Waals surface area contributed by atoms with Gasteiger partial charge in [0.2, 0.25) is 11.8 Å². The van der Waals surface area contributed by atoms with E-state index in [-0.39, 0.29) is 11.3 Å². The molecular formula is C12H23N3O2. The van der Waals surface area contributed by atoms with Crippen molar-refractivity contribution in [2.45, 2.75) is 45.6 Å². The van der Waals surface area contributed by atoms with Gasteiger partial charge in [-0.2, -0.15) is 0 Å². The molecule has 5 heteroatoms. The summed E-state index contributed by atoms with van der Waals surface area (Å²) in [6.45, 7) is 6.86. The number of hydrogen-bond acceptors (Lipinski definition) is 3. The smallest absolute Gasteiger partial charge is 0.242 e. The summed E-state index contributed by atoms with van der Waals surface area (Å²) in [6, 6.07) is 0. The molecule has 17 heavy (non-hydrogen) atoms. The number of hydrogen-bond donors (Lipinski definition) is 3. The van der Waals surface area contributed by atoms with Gasteiger partial charge >= 0.3 is 0 Å². The molecule has 1 heterocycles. The van der Waals surface area contributed by atoms with Gasteiger partial charge in [-0.3, -0.25) is 9.59 Å². The maximum atomic E-state index is 12.3. The Balaban J connectivity index is 2.76. The number of amides is 2. The summed E-state index contributed by atoms with van der Waals surface area (Å²) in [5.74, 6) is -0.573. The highest BCUT2D eigenvalue weighted by Gasteiger charge is 2.42. The van der Waals surface area contributed by atoms with Crippen LogP contribution in [0.2, 0.25) is 0 Å². The van der Waals surface area contributed by atoms with E-state index in [0.717, 1.165) is 25.8 Å². The van der Waals surface area contributed by atoms with E-state index in [4.69, 9.17) is 5.73 Å². The molecule has 1 aliphatic heterocycles. The molecule has 1 unspecified atom stereocenters. The predicted octanol–water partition coefficient (Wildman–Crippen LogP) is 0.146. The number of primary amides is 1. The number of carbonyl (C=O) groups is 2. The molecule has 1 rings (SSSR count). The average molecular weight is 241 g/mol. The van der Waals surface area contributed by atoms with Gasteiger partial charge in [-0.15, -0.1) is 0 Å². The van der Waals surface area contributed by atoms with Crippen LogP contribution in [-0.2, 0) is 9.59 Å². The average Bonchev–Trinajstić information content (AvgIpc) is 2.67. The summed E-state index contributed by atoms with van der Waals surface area (Å²) in [7, 11) is 0. The van der Waals surface area contributed by atoms with Crippen molar-refractivity contribution in [2.24, 2.45) is 11.1 Å². The minimum Gasteiger partial charge on any atom is -0.368 e. The van der Waals surface area contributed by atoms with Crippen molar-refractivity contribution in [3.05, 3.63) is 0 Å². The van der Waals surface area contributed by atoms with Gasteiger partial charge < -0.3 is 16.4 Å². The Kier molecular flexibility index (Phi) is 4.14.